The van der Waals surface area contributed by atoms with E-state index in [2.05, 4.69) is 16.0 Å². The maximum Gasteiger partial charge on any atom is 0.274 e. The number of hydrogen-bond donors (Lipinski definition) is 0. The number of hydrogen-bond acceptors (Lipinski definition) is 3. The zero-order valence-electron chi connectivity index (χ0n) is 17.2. The van der Waals surface area contributed by atoms with Crippen LogP contribution in [0.1, 0.15) is 18.4 Å². The number of H-pyrrole nitrogens is 1. The van der Waals surface area contributed by atoms with Crippen LogP contribution in [0.15, 0.2) is 60.8 Å². The quantitative estimate of drug-likeness (QED) is 0.732. The SMILES string of the molecule is O=C(/C=C/c1ccccc1)N1CCC(C(=O)N2CCN(c3cccc[nH+]3)CC2)CC1. The predicted octanol–water partition coefficient (Wildman–Crippen LogP) is 2.10. The zero-order chi connectivity index (χ0) is 20.8. The molecule has 0 atom stereocenters. The van der Waals surface area contributed by atoms with E-state index >= 15 is 0 Å². The molecule has 0 radical (unpaired) electrons. The van der Waals surface area contributed by atoms with Crippen LogP contribution in [0.25, 0.3) is 6.08 Å². The van der Waals surface area contributed by atoms with Crippen molar-refractivity contribution >= 4 is 23.7 Å². The molecular weight excluding hydrogens is 376 g/mol. The summed E-state index contributed by atoms with van der Waals surface area (Å²) in [6.45, 7) is 4.48. The molecule has 2 aliphatic rings. The predicted molar refractivity (Wildman–Crippen MR) is 117 cm³/mol. The lowest BCUT2D eigenvalue weighted by molar-refractivity contribution is -0.364. The van der Waals surface area contributed by atoms with Gasteiger partial charge >= 0.3 is 0 Å². The number of aromatic nitrogens is 1. The van der Waals surface area contributed by atoms with Gasteiger partial charge in [0.2, 0.25) is 11.8 Å². The molecule has 1 aromatic carbocycles. The number of nitrogens with one attached hydrogen (secondary N) is 1. The third-order valence-corrected chi connectivity index (χ3v) is 6.00. The second-order valence-electron chi connectivity index (χ2n) is 7.90. The molecule has 2 aromatic rings. The van der Waals surface area contributed by atoms with Crippen LogP contribution in [0.3, 0.4) is 0 Å². The first-order valence-electron chi connectivity index (χ1n) is 10.7. The lowest BCUT2D eigenvalue weighted by Crippen LogP contribution is -2.52. The van der Waals surface area contributed by atoms with E-state index in [1.807, 2.05) is 64.5 Å². The number of likely N-dealkylation sites (tertiary alicyclic amines) is 1. The summed E-state index contributed by atoms with van der Waals surface area (Å²) in [5, 5.41) is 0. The summed E-state index contributed by atoms with van der Waals surface area (Å²) in [5.74, 6) is 1.40. The van der Waals surface area contributed by atoms with Crippen LogP contribution in [0.4, 0.5) is 5.82 Å². The van der Waals surface area contributed by atoms with Gasteiger partial charge < -0.3 is 9.80 Å². The average molecular weight is 406 g/mol. The first-order valence-corrected chi connectivity index (χ1v) is 10.7. The van der Waals surface area contributed by atoms with Crippen molar-refractivity contribution in [3.63, 3.8) is 0 Å². The lowest BCUT2D eigenvalue weighted by Gasteiger charge is -2.36. The number of carbonyl (C=O) groups is 2. The van der Waals surface area contributed by atoms with E-state index in [4.69, 9.17) is 0 Å². The van der Waals surface area contributed by atoms with Crippen molar-refractivity contribution in [2.24, 2.45) is 5.92 Å². The highest BCUT2D eigenvalue weighted by molar-refractivity contribution is 5.92. The Bertz CT molecular complexity index is 869. The first kappa shape index (κ1) is 20.1. The van der Waals surface area contributed by atoms with Crippen LogP contribution in [0, 0.1) is 5.92 Å². The maximum absolute atomic E-state index is 13.0. The summed E-state index contributed by atoms with van der Waals surface area (Å²) in [5.41, 5.74) is 1.02. The highest BCUT2D eigenvalue weighted by atomic mass is 16.2. The van der Waals surface area contributed by atoms with Gasteiger partial charge in [0.25, 0.3) is 5.82 Å². The molecule has 30 heavy (non-hydrogen) atoms. The Morgan fingerprint density at radius 1 is 0.833 bits per heavy atom. The molecule has 2 aliphatic heterocycles. The third kappa shape index (κ3) is 4.87. The summed E-state index contributed by atoms with van der Waals surface area (Å²) in [7, 11) is 0. The zero-order valence-corrected chi connectivity index (χ0v) is 17.2. The van der Waals surface area contributed by atoms with Crippen molar-refractivity contribution in [2.75, 3.05) is 44.2 Å². The summed E-state index contributed by atoms with van der Waals surface area (Å²) < 4.78 is 0. The molecule has 0 bridgehead atoms. The minimum absolute atomic E-state index is 0.0254. The number of anilines is 1. The molecule has 6 heteroatoms. The second kappa shape index (κ2) is 9.57. The lowest BCUT2D eigenvalue weighted by atomic mass is 9.95. The van der Waals surface area contributed by atoms with Gasteiger partial charge in [-0.2, -0.15) is 0 Å². The van der Waals surface area contributed by atoms with Gasteiger partial charge in [0.1, 0.15) is 13.1 Å². The van der Waals surface area contributed by atoms with Gasteiger partial charge in [-0.25, -0.2) is 4.98 Å². The molecule has 1 N–H and O–H groups in total. The monoisotopic (exact) mass is 405 g/mol. The van der Waals surface area contributed by atoms with Crippen LogP contribution >= 0.6 is 0 Å². The fourth-order valence-electron chi connectivity index (χ4n) is 4.19. The third-order valence-electron chi connectivity index (χ3n) is 6.00. The van der Waals surface area contributed by atoms with Crippen LogP contribution in [-0.2, 0) is 9.59 Å². The Kier molecular flexibility index (Phi) is 6.42. The highest BCUT2D eigenvalue weighted by Crippen LogP contribution is 2.21. The van der Waals surface area contributed by atoms with E-state index < -0.39 is 0 Å². The van der Waals surface area contributed by atoms with Gasteiger partial charge in [-0.05, 0) is 30.5 Å². The Labute approximate surface area is 177 Å². The fraction of sp³-hybridized carbons (Fsp3) is 0.375. The maximum atomic E-state index is 13.0. The van der Waals surface area contributed by atoms with E-state index in [0.717, 1.165) is 50.4 Å². The standard InChI is InChI=1S/C24H28N4O2/c29-23(10-9-20-6-2-1-3-7-20)27-14-11-21(12-15-27)24(30)28-18-16-26(17-19-28)22-8-4-5-13-25-22/h1-10,13,21H,11-12,14-19H2/p+1/b10-9+. The number of nitrogens with zero attached hydrogens (tertiary/aromatic N) is 3. The first-order chi connectivity index (χ1) is 14.7. The number of benzene rings is 1. The van der Waals surface area contributed by atoms with Crippen molar-refractivity contribution in [3.8, 4) is 0 Å². The van der Waals surface area contributed by atoms with E-state index in [0.29, 0.717) is 13.1 Å². The number of carbonyl (C=O) groups excluding carboxylic acids is 2. The minimum atomic E-state index is 0.0254. The number of rotatable bonds is 4. The normalized spacial score (nSPS) is 18.1. The minimum Gasteiger partial charge on any atom is -0.339 e. The Balaban J connectivity index is 1.24. The summed E-state index contributed by atoms with van der Waals surface area (Å²) in [6.07, 6.45) is 6.91. The number of piperidine rings is 1. The molecule has 0 aliphatic carbocycles. The molecule has 2 fully saturated rings. The summed E-state index contributed by atoms with van der Waals surface area (Å²) >= 11 is 0. The van der Waals surface area contributed by atoms with Gasteiger partial charge in [-0.3, -0.25) is 14.5 Å². The van der Waals surface area contributed by atoms with Gasteiger partial charge in [0.15, 0.2) is 0 Å². The largest absolute Gasteiger partial charge is 0.339 e. The van der Waals surface area contributed by atoms with Crippen molar-refractivity contribution in [1.82, 2.24) is 9.80 Å². The van der Waals surface area contributed by atoms with Crippen molar-refractivity contribution in [1.29, 1.82) is 0 Å². The Hall–Kier alpha value is -3.15. The van der Waals surface area contributed by atoms with Gasteiger partial charge in [-0.1, -0.05) is 36.4 Å². The van der Waals surface area contributed by atoms with E-state index in [9.17, 15) is 9.59 Å². The second-order valence-corrected chi connectivity index (χ2v) is 7.90. The molecule has 4 rings (SSSR count). The highest BCUT2D eigenvalue weighted by Gasteiger charge is 2.32. The summed E-state index contributed by atoms with van der Waals surface area (Å²) in [4.78, 5) is 34.8. The van der Waals surface area contributed by atoms with Gasteiger partial charge in [-0.15, -0.1) is 0 Å². The topological polar surface area (TPSA) is 58.0 Å². The number of aromatic amines is 1. The van der Waals surface area contributed by atoms with Crippen molar-refractivity contribution < 1.29 is 14.6 Å². The fourth-order valence-corrected chi connectivity index (χ4v) is 4.19. The molecule has 0 unspecified atom stereocenters. The molecule has 2 saturated heterocycles. The van der Waals surface area contributed by atoms with Gasteiger partial charge in [0, 0.05) is 31.1 Å². The molecule has 2 amide bonds. The van der Waals surface area contributed by atoms with E-state index in [1.54, 1.807) is 6.08 Å². The molecule has 1 aromatic heterocycles. The number of amides is 2. The smallest absolute Gasteiger partial charge is 0.274 e. The number of piperazine rings is 1. The van der Waals surface area contributed by atoms with E-state index in [1.165, 1.54) is 0 Å². The van der Waals surface area contributed by atoms with Crippen molar-refractivity contribution in [3.05, 3.63) is 66.4 Å². The molecule has 156 valence electrons. The summed E-state index contributed by atoms with van der Waals surface area (Å²) in [6, 6.07) is 15.9. The average Bonchev–Trinajstić information content (AvgIpc) is 2.83. The Morgan fingerprint density at radius 3 is 2.20 bits per heavy atom. The van der Waals surface area contributed by atoms with Crippen LogP contribution in [0.5, 0.6) is 0 Å². The molecule has 6 nitrogen and oxygen atoms in total. The Morgan fingerprint density at radius 2 is 1.53 bits per heavy atom. The van der Waals surface area contributed by atoms with Crippen LogP contribution in [0.2, 0.25) is 0 Å². The molecule has 3 heterocycles. The van der Waals surface area contributed by atoms with E-state index in [-0.39, 0.29) is 17.7 Å². The van der Waals surface area contributed by atoms with Crippen molar-refractivity contribution in [2.45, 2.75) is 12.8 Å². The number of pyridine rings is 1. The molecular formula is C24H29N4O2+. The van der Waals surface area contributed by atoms with Gasteiger partial charge in [0.05, 0.1) is 19.3 Å². The molecule has 0 saturated carbocycles. The van der Waals surface area contributed by atoms with Crippen LogP contribution in [-0.4, -0.2) is 60.9 Å². The molecule has 0 spiro atoms. The van der Waals surface area contributed by atoms with Crippen LogP contribution < -0.4 is 9.88 Å².